The average Bonchev–Trinajstić information content (AvgIpc) is 3.17. The number of carbonyl (C=O) groups excluding carboxylic acids is 1. The summed E-state index contributed by atoms with van der Waals surface area (Å²) in [5.41, 5.74) is 2.09. The summed E-state index contributed by atoms with van der Waals surface area (Å²) in [4.78, 5) is 22.7. The maximum Gasteiger partial charge on any atom is 0.307 e. The van der Waals surface area contributed by atoms with Crippen LogP contribution in [0.5, 0.6) is 0 Å². The van der Waals surface area contributed by atoms with Crippen molar-refractivity contribution in [1.29, 1.82) is 0 Å². The number of aromatic nitrogens is 2. The molecule has 0 saturated heterocycles. The molecule has 6 nitrogen and oxygen atoms in total. The fourth-order valence-electron chi connectivity index (χ4n) is 2.52. The maximum absolute atomic E-state index is 11.9. The maximum atomic E-state index is 11.9. The molecular weight excluding hydrogens is 282 g/mol. The molecule has 1 fully saturated rings. The van der Waals surface area contributed by atoms with E-state index < -0.39 is 11.9 Å². The summed E-state index contributed by atoms with van der Waals surface area (Å²) < 4.78 is 1.82. The number of rotatable bonds is 6. The highest BCUT2D eigenvalue weighted by atomic mass is 16.4. The Hall–Kier alpha value is -2.63. The number of hydrogen-bond acceptors (Lipinski definition) is 3. The SMILES string of the molecule is O=C(NCc1ccccc1Cn1cccn1)[C@H]1C[C@H]1C(=O)O. The summed E-state index contributed by atoms with van der Waals surface area (Å²) >= 11 is 0. The Bertz CT molecular complexity index is 682. The van der Waals surface area contributed by atoms with E-state index >= 15 is 0 Å². The molecule has 1 heterocycles. The summed E-state index contributed by atoms with van der Waals surface area (Å²) in [6.07, 6.45) is 4.05. The van der Waals surface area contributed by atoms with Gasteiger partial charge in [0.25, 0.3) is 0 Å². The minimum Gasteiger partial charge on any atom is -0.481 e. The van der Waals surface area contributed by atoms with Gasteiger partial charge in [-0.1, -0.05) is 24.3 Å². The van der Waals surface area contributed by atoms with Gasteiger partial charge < -0.3 is 10.4 Å². The van der Waals surface area contributed by atoms with Crippen molar-refractivity contribution in [2.24, 2.45) is 11.8 Å². The molecule has 1 aromatic heterocycles. The first-order valence-corrected chi connectivity index (χ1v) is 7.20. The summed E-state index contributed by atoms with van der Waals surface area (Å²) in [7, 11) is 0. The van der Waals surface area contributed by atoms with Gasteiger partial charge in [-0.05, 0) is 23.6 Å². The molecular formula is C16H17N3O3. The van der Waals surface area contributed by atoms with E-state index in [1.54, 1.807) is 6.20 Å². The molecule has 0 unspecified atom stereocenters. The van der Waals surface area contributed by atoms with Crippen molar-refractivity contribution in [3.63, 3.8) is 0 Å². The fraction of sp³-hybridized carbons (Fsp3) is 0.312. The Kier molecular flexibility index (Phi) is 3.91. The number of nitrogens with one attached hydrogen (secondary N) is 1. The Morgan fingerprint density at radius 2 is 2.00 bits per heavy atom. The second-order valence-electron chi connectivity index (χ2n) is 5.48. The van der Waals surface area contributed by atoms with Gasteiger partial charge in [-0.3, -0.25) is 14.3 Å². The predicted octanol–water partition coefficient (Wildman–Crippen LogP) is 1.27. The number of carboxylic acid groups (broad SMARTS) is 1. The number of amides is 1. The van der Waals surface area contributed by atoms with Crippen LogP contribution in [-0.2, 0) is 22.7 Å². The van der Waals surface area contributed by atoms with Gasteiger partial charge in [0.2, 0.25) is 5.91 Å². The highest BCUT2D eigenvalue weighted by Crippen LogP contribution is 2.38. The van der Waals surface area contributed by atoms with Crippen LogP contribution in [0, 0.1) is 11.8 Å². The first kappa shape index (κ1) is 14.3. The zero-order chi connectivity index (χ0) is 15.5. The second-order valence-corrected chi connectivity index (χ2v) is 5.48. The van der Waals surface area contributed by atoms with Gasteiger partial charge in [-0.15, -0.1) is 0 Å². The quantitative estimate of drug-likeness (QED) is 0.841. The van der Waals surface area contributed by atoms with E-state index in [1.165, 1.54) is 0 Å². The molecule has 2 N–H and O–H groups in total. The highest BCUT2D eigenvalue weighted by Gasteiger charge is 2.48. The molecule has 0 radical (unpaired) electrons. The molecule has 0 aliphatic heterocycles. The Labute approximate surface area is 127 Å². The van der Waals surface area contributed by atoms with Crippen molar-refractivity contribution in [3.05, 3.63) is 53.9 Å². The standard InChI is InChI=1S/C16H17N3O3/c20-15(13-8-14(13)16(21)22)17-9-11-4-1-2-5-12(11)10-19-7-3-6-18-19/h1-7,13-14H,8-10H2,(H,17,20)(H,21,22)/t13-,14+/m0/s1. The molecule has 1 aromatic carbocycles. The molecule has 22 heavy (non-hydrogen) atoms. The normalized spacial score (nSPS) is 19.6. The van der Waals surface area contributed by atoms with Crippen molar-refractivity contribution in [2.75, 3.05) is 0 Å². The van der Waals surface area contributed by atoms with E-state index in [1.807, 2.05) is 41.2 Å². The Morgan fingerprint density at radius 3 is 2.64 bits per heavy atom. The lowest BCUT2D eigenvalue weighted by molar-refractivity contribution is -0.140. The van der Waals surface area contributed by atoms with E-state index in [0.717, 1.165) is 11.1 Å². The zero-order valence-electron chi connectivity index (χ0n) is 12.0. The van der Waals surface area contributed by atoms with Crippen LogP contribution in [0.3, 0.4) is 0 Å². The van der Waals surface area contributed by atoms with Crippen LogP contribution in [-0.4, -0.2) is 26.8 Å². The van der Waals surface area contributed by atoms with Gasteiger partial charge in [0, 0.05) is 18.9 Å². The lowest BCUT2D eigenvalue weighted by Crippen LogP contribution is -2.26. The molecule has 2 atom stereocenters. The third-order valence-corrected chi connectivity index (χ3v) is 3.91. The fourth-order valence-corrected chi connectivity index (χ4v) is 2.52. The minimum atomic E-state index is -0.890. The molecule has 1 aliphatic rings. The lowest BCUT2D eigenvalue weighted by atomic mass is 10.1. The van der Waals surface area contributed by atoms with Crippen LogP contribution in [0.25, 0.3) is 0 Å². The van der Waals surface area contributed by atoms with Crippen LogP contribution >= 0.6 is 0 Å². The van der Waals surface area contributed by atoms with Crippen LogP contribution in [0.2, 0.25) is 0 Å². The van der Waals surface area contributed by atoms with Gasteiger partial charge in [-0.25, -0.2) is 0 Å². The Balaban J connectivity index is 1.61. The monoisotopic (exact) mass is 299 g/mol. The number of benzene rings is 1. The number of carbonyl (C=O) groups is 2. The summed E-state index contributed by atoms with van der Waals surface area (Å²) in [5, 5.41) is 15.9. The van der Waals surface area contributed by atoms with Gasteiger partial charge in [0.05, 0.1) is 18.4 Å². The molecule has 3 rings (SSSR count). The molecule has 1 saturated carbocycles. The first-order chi connectivity index (χ1) is 10.6. The molecule has 0 bridgehead atoms. The van der Waals surface area contributed by atoms with Gasteiger partial charge in [0.1, 0.15) is 0 Å². The van der Waals surface area contributed by atoms with Gasteiger partial charge >= 0.3 is 5.97 Å². The van der Waals surface area contributed by atoms with Gasteiger partial charge in [0.15, 0.2) is 0 Å². The van der Waals surface area contributed by atoms with E-state index in [0.29, 0.717) is 19.5 Å². The molecule has 1 amide bonds. The molecule has 0 spiro atoms. The number of aliphatic carboxylic acids is 1. The lowest BCUT2D eigenvalue weighted by Gasteiger charge is -2.11. The van der Waals surface area contributed by atoms with Crippen LogP contribution in [0.4, 0.5) is 0 Å². The zero-order valence-corrected chi connectivity index (χ0v) is 12.0. The predicted molar refractivity (Wildman–Crippen MR) is 78.9 cm³/mol. The van der Waals surface area contributed by atoms with Crippen LogP contribution in [0.1, 0.15) is 17.5 Å². The molecule has 2 aromatic rings. The number of hydrogen-bond donors (Lipinski definition) is 2. The van der Waals surface area contributed by atoms with E-state index in [-0.39, 0.29) is 11.8 Å². The number of nitrogens with zero attached hydrogens (tertiary/aromatic N) is 2. The van der Waals surface area contributed by atoms with Gasteiger partial charge in [-0.2, -0.15) is 5.10 Å². The minimum absolute atomic E-state index is 0.179. The van der Waals surface area contributed by atoms with E-state index in [9.17, 15) is 9.59 Å². The van der Waals surface area contributed by atoms with Crippen LogP contribution < -0.4 is 5.32 Å². The third kappa shape index (κ3) is 3.16. The molecule has 114 valence electrons. The van der Waals surface area contributed by atoms with E-state index in [4.69, 9.17) is 5.11 Å². The topological polar surface area (TPSA) is 84.2 Å². The second kappa shape index (κ2) is 6.01. The van der Waals surface area contributed by atoms with Crippen LogP contribution in [0.15, 0.2) is 42.7 Å². The summed E-state index contributed by atoms with van der Waals surface area (Å²) in [6, 6.07) is 9.70. The average molecular weight is 299 g/mol. The van der Waals surface area contributed by atoms with E-state index in [2.05, 4.69) is 10.4 Å². The third-order valence-electron chi connectivity index (χ3n) is 3.91. The molecule has 6 heteroatoms. The first-order valence-electron chi connectivity index (χ1n) is 7.20. The largest absolute Gasteiger partial charge is 0.481 e. The van der Waals surface area contributed by atoms with Crippen molar-refractivity contribution in [3.8, 4) is 0 Å². The van der Waals surface area contributed by atoms with Crippen molar-refractivity contribution < 1.29 is 14.7 Å². The Morgan fingerprint density at radius 1 is 1.23 bits per heavy atom. The van der Waals surface area contributed by atoms with Crippen molar-refractivity contribution in [2.45, 2.75) is 19.5 Å². The summed E-state index contributed by atoms with van der Waals surface area (Å²) in [5.74, 6) is -1.96. The smallest absolute Gasteiger partial charge is 0.307 e. The van der Waals surface area contributed by atoms with Crippen molar-refractivity contribution >= 4 is 11.9 Å². The molecule has 1 aliphatic carbocycles. The highest BCUT2D eigenvalue weighted by molar-refractivity contribution is 5.89. The number of carboxylic acids is 1. The summed E-state index contributed by atoms with van der Waals surface area (Å²) in [6.45, 7) is 1.04. The van der Waals surface area contributed by atoms with Crippen molar-refractivity contribution in [1.82, 2.24) is 15.1 Å².